The van der Waals surface area contributed by atoms with E-state index in [0.717, 1.165) is 71.9 Å². The van der Waals surface area contributed by atoms with Crippen LogP contribution in [0.5, 0.6) is 5.88 Å². The number of nitrogens with zero attached hydrogens (tertiary/aromatic N) is 5. The fourth-order valence-electron chi connectivity index (χ4n) is 4.90. The second-order valence-corrected chi connectivity index (χ2v) is 8.91. The molecule has 1 aliphatic carbocycles. The van der Waals surface area contributed by atoms with Crippen molar-refractivity contribution < 1.29 is 9.84 Å². The molecule has 0 bridgehead atoms. The molecule has 0 aromatic carbocycles. The normalized spacial score (nSPS) is 19.0. The van der Waals surface area contributed by atoms with Crippen LogP contribution in [0, 0.1) is 6.92 Å². The number of aryl methyl sites for hydroxylation is 1. The molecule has 0 amide bonds. The highest BCUT2D eigenvalue weighted by Gasteiger charge is 2.24. The van der Waals surface area contributed by atoms with E-state index in [4.69, 9.17) is 9.72 Å². The van der Waals surface area contributed by atoms with Gasteiger partial charge in [-0.15, -0.1) is 0 Å². The minimum absolute atomic E-state index is 0.288. The lowest BCUT2D eigenvalue weighted by Crippen LogP contribution is -2.32. The van der Waals surface area contributed by atoms with Crippen LogP contribution in [-0.2, 0) is 25.8 Å². The van der Waals surface area contributed by atoms with Gasteiger partial charge in [0.05, 0.1) is 42.1 Å². The van der Waals surface area contributed by atoms with E-state index in [2.05, 4.69) is 43.5 Å². The van der Waals surface area contributed by atoms with Crippen LogP contribution in [0.1, 0.15) is 34.5 Å². The molecule has 0 radical (unpaired) electrons. The summed E-state index contributed by atoms with van der Waals surface area (Å²) in [5, 5.41) is 16.7. The molecule has 1 atom stereocenters. The molecule has 0 saturated carbocycles. The molecular formula is C24H27N7O2. The second-order valence-electron chi connectivity index (χ2n) is 8.91. The minimum atomic E-state index is -0.288. The predicted octanol–water partition coefficient (Wildman–Crippen LogP) is 2.54. The van der Waals surface area contributed by atoms with Gasteiger partial charge in [0.15, 0.2) is 0 Å². The molecule has 33 heavy (non-hydrogen) atoms. The quantitative estimate of drug-likeness (QED) is 0.560. The smallest absolute Gasteiger partial charge is 0.237 e. The third-order valence-corrected chi connectivity index (χ3v) is 6.69. The molecule has 0 saturated heterocycles. The first kappa shape index (κ1) is 20.2. The highest BCUT2D eigenvalue weighted by Crippen LogP contribution is 2.36. The zero-order valence-corrected chi connectivity index (χ0v) is 18.6. The highest BCUT2D eigenvalue weighted by molar-refractivity contribution is 5.70. The number of anilines is 4. The zero-order valence-electron chi connectivity index (χ0n) is 18.6. The standard InChI is InChI=1S/C24H27N7O2/c1-14-21(12-27-23-22(14)25-5-7-33-23)31-6-4-15-10-28-24(30-20(15)13-31)29-17-8-16-9-18(32)2-3-19(16)26-11-17/h8,10-12,18,25,32H,2-7,9,13H2,1H3,(H,28,29,30). The largest absolute Gasteiger partial charge is 0.474 e. The van der Waals surface area contributed by atoms with Crippen molar-refractivity contribution in [2.75, 3.05) is 35.2 Å². The van der Waals surface area contributed by atoms with E-state index in [9.17, 15) is 5.11 Å². The molecule has 3 aromatic rings. The van der Waals surface area contributed by atoms with Crippen molar-refractivity contribution in [3.05, 3.63) is 52.7 Å². The maximum absolute atomic E-state index is 9.98. The number of aliphatic hydroxyl groups excluding tert-OH is 1. The Balaban J connectivity index is 1.23. The van der Waals surface area contributed by atoms with Crippen LogP contribution in [0.25, 0.3) is 0 Å². The van der Waals surface area contributed by atoms with Gasteiger partial charge in [-0.2, -0.15) is 0 Å². The van der Waals surface area contributed by atoms with Gasteiger partial charge in [0.2, 0.25) is 11.8 Å². The van der Waals surface area contributed by atoms with Crippen molar-refractivity contribution in [2.24, 2.45) is 0 Å². The van der Waals surface area contributed by atoms with Gasteiger partial charge in [-0.1, -0.05) is 0 Å². The van der Waals surface area contributed by atoms with Crippen LogP contribution in [0.15, 0.2) is 24.7 Å². The first-order valence-corrected chi connectivity index (χ1v) is 11.5. The number of rotatable bonds is 3. The van der Waals surface area contributed by atoms with Gasteiger partial charge in [0, 0.05) is 37.0 Å². The van der Waals surface area contributed by atoms with Gasteiger partial charge in [-0.3, -0.25) is 4.98 Å². The molecule has 5 heterocycles. The molecule has 1 unspecified atom stereocenters. The Morgan fingerprint density at radius 2 is 2.06 bits per heavy atom. The zero-order chi connectivity index (χ0) is 22.4. The molecule has 9 nitrogen and oxygen atoms in total. The minimum Gasteiger partial charge on any atom is -0.474 e. The van der Waals surface area contributed by atoms with Crippen LogP contribution >= 0.6 is 0 Å². The SMILES string of the molecule is Cc1c(N2CCc3cnc(Nc4cnc5c(c4)CC(O)CC5)nc3C2)cnc2c1NCCO2. The fourth-order valence-corrected chi connectivity index (χ4v) is 4.90. The number of hydrogen-bond acceptors (Lipinski definition) is 9. The second kappa shape index (κ2) is 8.15. The summed E-state index contributed by atoms with van der Waals surface area (Å²) in [5.41, 5.74) is 8.43. The van der Waals surface area contributed by atoms with Crippen LogP contribution in [-0.4, -0.2) is 50.8 Å². The number of aromatic nitrogens is 4. The Labute approximate surface area is 192 Å². The van der Waals surface area contributed by atoms with Crippen molar-refractivity contribution in [3.63, 3.8) is 0 Å². The molecule has 3 aliphatic rings. The summed E-state index contributed by atoms with van der Waals surface area (Å²) < 4.78 is 5.68. The first-order valence-electron chi connectivity index (χ1n) is 11.5. The van der Waals surface area contributed by atoms with Crippen molar-refractivity contribution in [3.8, 4) is 5.88 Å². The Morgan fingerprint density at radius 3 is 3.00 bits per heavy atom. The molecule has 3 aromatic heterocycles. The fraction of sp³-hybridized carbons (Fsp3) is 0.417. The number of nitrogens with one attached hydrogen (secondary N) is 2. The number of ether oxygens (including phenoxy) is 1. The first-order chi connectivity index (χ1) is 16.1. The van der Waals surface area contributed by atoms with Gasteiger partial charge in [0.25, 0.3) is 0 Å². The van der Waals surface area contributed by atoms with Gasteiger partial charge >= 0.3 is 0 Å². The monoisotopic (exact) mass is 445 g/mol. The number of hydrogen-bond donors (Lipinski definition) is 3. The molecule has 9 heteroatoms. The van der Waals surface area contributed by atoms with E-state index in [1.54, 1.807) is 0 Å². The van der Waals surface area contributed by atoms with Crippen molar-refractivity contribution in [2.45, 2.75) is 45.3 Å². The Kier molecular flexibility index (Phi) is 4.98. The molecule has 2 aliphatic heterocycles. The molecule has 0 fully saturated rings. The summed E-state index contributed by atoms with van der Waals surface area (Å²) in [6.07, 6.45) is 8.48. The van der Waals surface area contributed by atoms with Crippen LogP contribution in [0.3, 0.4) is 0 Å². The van der Waals surface area contributed by atoms with Crippen LogP contribution in [0.4, 0.5) is 23.0 Å². The summed E-state index contributed by atoms with van der Waals surface area (Å²) in [6, 6.07) is 2.05. The van der Waals surface area contributed by atoms with E-state index < -0.39 is 0 Å². The predicted molar refractivity (Wildman–Crippen MR) is 125 cm³/mol. The van der Waals surface area contributed by atoms with Crippen LogP contribution < -0.4 is 20.3 Å². The van der Waals surface area contributed by atoms with E-state index in [0.29, 0.717) is 31.4 Å². The van der Waals surface area contributed by atoms with Gasteiger partial charge in [-0.05, 0) is 43.4 Å². The third-order valence-electron chi connectivity index (χ3n) is 6.69. The summed E-state index contributed by atoms with van der Waals surface area (Å²) in [6.45, 7) is 5.13. The van der Waals surface area contributed by atoms with Crippen molar-refractivity contribution in [1.29, 1.82) is 0 Å². The lowest BCUT2D eigenvalue weighted by molar-refractivity contribution is 0.158. The maximum atomic E-state index is 9.98. The molecule has 3 N–H and O–H groups in total. The van der Waals surface area contributed by atoms with E-state index in [1.165, 1.54) is 5.56 Å². The van der Waals surface area contributed by atoms with Gasteiger partial charge < -0.3 is 25.4 Å². The lowest BCUT2D eigenvalue weighted by atomic mass is 9.93. The summed E-state index contributed by atoms with van der Waals surface area (Å²) >= 11 is 0. The average molecular weight is 446 g/mol. The summed E-state index contributed by atoms with van der Waals surface area (Å²) in [5.74, 6) is 1.24. The topological polar surface area (TPSA) is 108 Å². The maximum Gasteiger partial charge on any atom is 0.237 e. The summed E-state index contributed by atoms with van der Waals surface area (Å²) in [7, 11) is 0. The third kappa shape index (κ3) is 3.82. The highest BCUT2D eigenvalue weighted by atomic mass is 16.5. The Hall–Kier alpha value is -3.46. The number of aliphatic hydroxyl groups is 1. The van der Waals surface area contributed by atoms with Crippen molar-refractivity contribution >= 4 is 23.0 Å². The lowest BCUT2D eigenvalue weighted by Gasteiger charge is -2.32. The van der Waals surface area contributed by atoms with Crippen molar-refractivity contribution in [1.82, 2.24) is 19.9 Å². The van der Waals surface area contributed by atoms with Crippen LogP contribution in [0.2, 0.25) is 0 Å². The molecule has 170 valence electrons. The van der Waals surface area contributed by atoms with Gasteiger partial charge in [-0.25, -0.2) is 15.0 Å². The van der Waals surface area contributed by atoms with Gasteiger partial charge in [0.1, 0.15) is 12.3 Å². The van der Waals surface area contributed by atoms with E-state index in [1.807, 2.05) is 18.6 Å². The Bertz CT molecular complexity index is 1220. The summed E-state index contributed by atoms with van der Waals surface area (Å²) in [4.78, 5) is 20.8. The average Bonchev–Trinajstić information content (AvgIpc) is 2.84. The molecule has 0 spiro atoms. The van der Waals surface area contributed by atoms with E-state index in [-0.39, 0.29) is 6.10 Å². The number of pyridine rings is 2. The van der Waals surface area contributed by atoms with E-state index >= 15 is 0 Å². The number of fused-ring (bicyclic) bond motifs is 3. The molecular weight excluding hydrogens is 418 g/mol. The Morgan fingerprint density at radius 1 is 1.12 bits per heavy atom. The molecule has 6 rings (SSSR count).